The molecule has 0 radical (unpaired) electrons. The zero-order valence-electron chi connectivity index (χ0n) is 64.4. The van der Waals surface area contributed by atoms with Gasteiger partial charge in [0.15, 0.2) is 46.0 Å². The number of thiol groups is 1. The van der Waals surface area contributed by atoms with Crippen LogP contribution in [-0.2, 0) is 56.7 Å². The van der Waals surface area contributed by atoms with Gasteiger partial charge in [-0.2, -0.15) is 12.6 Å². The molecule has 8 aliphatic heterocycles. The van der Waals surface area contributed by atoms with Crippen molar-refractivity contribution in [3.63, 3.8) is 0 Å². The van der Waals surface area contributed by atoms with Crippen molar-refractivity contribution < 1.29 is 66.7 Å². The van der Waals surface area contributed by atoms with Crippen molar-refractivity contribution in [1.82, 2.24) is 19.6 Å². The minimum absolute atomic E-state index is 0.1000. The van der Waals surface area contributed by atoms with Crippen LogP contribution >= 0.6 is 12.6 Å². The fourth-order valence-electron chi connectivity index (χ4n) is 14.5. The highest BCUT2D eigenvalue weighted by Gasteiger charge is 2.39. The lowest BCUT2D eigenvalue weighted by molar-refractivity contribution is -0.117. The highest BCUT2D eigenvalue weighted by molar-refractivity contribution is 8.29. The maximum atomic E-state index is 13.5. The third kappa shape index (κ3) is 17.9. The van der Waals surface area contributed by atoms with Crippen molar-refractivity contribution in [3.8, 4) is 46.0 Å². The number of benzene rings is 6. The molecule has 8 heterocycles. The van der Waals surface area contributed by atoms with Gasteiger partial charge < -0.3 is 68.1 Å². The summed E-state index contributed by atoms with van der Waals surface area (Å²) in [5, 5.41) is 6.08. The van der Waals surface area contributed by atoms with E-state index in [1.807, 2.05) is 56.5 Å². The number of anilines is 2. The number of hydrogen-bond acceptors (Lipinski definition) is 20. The second kappa shape index (κ2) is 33.2. The van der Waals surface area contributed by atoms with Crippen LogP contribution < -0.4 is 48.5 Å². The first-order valence-corrected chi connectivity index (χ1v) is 39.9. The summed E-state index contributed by atoms with van der Waals surface area (Å²) >= 11 is 10.1. The maximum absolute atomic E-state index is 13.5. The van der Waals surface area contributed by atoms with Crippen molar-refractivity contribution in [2.45, 2.75) is 139 Å². The Bertz CT molecular complexity index is 4780. The van der Waals surface area contributed by atoms with E-state index in [2.05, 4.69) is 83.4 Å². The SMILES string of the molecule is C=C1C[C@H]2C=Nc3cc(OCc4cc(COc5cc6c(cc5OC)C(=O)N5CC(=C)C[C@H]5C=N6)cc(NC(=O)CCC(C)(C)S(C)=S)c4)c(OC)cc3C(=O)N2C1.C=C1C[C@H]2C=Nc3cc(OCc4cc(COc5cc6c(cc5OC)C(=O)N5CC(=C)C[C@H]5C=N6)cc(NC(=O)CCC(C)(C)S)c4)c(OC)cc3C(=O)N2C1. The Balaban J connectivity index is 0.000000196. The van der Waals surface area contributed by atoms with Gasteiger partial charge >= 0.3 is 0 Å². The van der Waals surface area contributed by atoms with Crippen LogP contribution in [0.5, 0.6) is 46.0 Å². The molecule has 8 aliphatic rings. The van der Waals surface area contributed by atoms with E-state index in [1.54, 1.807) is 93.0 Å². The molecule has 0 aromatic heterocycles. The Morgan fingerprint density at radius 2 is 0.696 bits per heavy atom. The highest BCUT2D eigenvalue weighted by Crippen LogP contribution is 2.45. The summed E-state index contributed by atoms with van der Waals surface area (Å²) in [7, 11) is 5.82. The Labute approximate surface area is 664 Å². The molecule has 6 amide bonds. The summed E-state index contributed by atoms with van der Waals surface area (Å²) in [6.07, 6.45) is 13.7. The Morgan fingerprint density at radius 3 is 0.938 bits per heavy atom. The maximum Gasteiger partial charge on any atom is 0.257 e. The molecule has 24 nitrogen and oxygen atoms in total. The fourth-order valence-corrected chi connectivity index (χ4v) is 15.2. The van der Waals surface area contributed by atoms with Gasteiger partial charge in [-0.15, -0.1) is 9.45 Å². The van der Waals surface area contributed by atoms with Crippen molar-refractivity contribution in [2.24, 2.45) is 20.0 Å². The van der Waals surface area contributed by atoms with E-state index in [-0.39, 0.29) is 105 Å². The molecule has 584 valence electrons. The normalized spacial score (nSPS) is 18.8. The van der Waals surface area contributed by atoms with E-state index in [0.29, 0.717) is 180 Å². The smallest absolute Gasteiger partial charge is 0.257 e. The summed E-state index contributed by atoms with van der Waals surface area (Å²) in [5.41, 5.74) is 11.8. The minimum Gasteiger partial charge on any atom is -0.493 e. The average molecular weight is 1570 g/mol. The van der Waals surface area contributed by atoms with Gasteiger partial charge in [0.1, 0.15) is 26.4 Å². The van der Waals surface area contributed by atoms with E-state index >= 15 is 0 Å². The van der Waals surface area contributed by atoms with Crippen molar-refractivity contribution in [3.05, 3.63) is 178 Å². The molecule has 5 atom stereocenters. The lowest BCUT2D eigenvalue weighted by atomic mass is 10.1. The van der Waals surface area contributed by atoms with Gasteiger partial charge in [-0.05, 0) is 128 Å². The van der Waals surface area contributed by atoms with Crippen molar-refractivity contribution in [2.75, 3.05) is 71.5 Å². The number of nitrogens with one attached hydrogen (secondary N) is 2. The second-order valence-electron chi connectivity index (χ2n) is 30.4. The molecule has 6 aromatic rings. The molecule has 14 rings (SSSR count). The molecule has 4 saturated heterocycles. The summed E-state index contributed by atoms with van der Waals surface area (Å²) in [4.78, 5) is 106. The average Bonchev–Trinajstić information content (AvgIpc) is 1.62. The molecular weight excluding hydrogens is 1480 g/mol. The number of methoxy groups -OCH3 is 4. The number of amides is 6. The summed E-state index contributed by atoms with van der Waals surface area (Å²) in [5.74, 6) is 2.40. The zero-order chi connectivity index (χ0) is 79.6. The Hall–Kier alpha value is -10.9. The fraction of sp³-hybridized carbons (Fsp3) is 0.365. The number of rotatable bonds is 25. The van der Waals surface area contributed by atoms with Crippen LogP contribution in [-0.4, -0.2) is 174 Å². The number of carbonyl (C=O) groups is 6. The molecule has 1 unspecified atom stereocenters. The number of aliphatic imine (C=N–C) groups is 4. The Morgan fingerprint density at radius 1 is 0.438 bits per heavy atom. The number of fused-ring (bicyclic) bond motifs is 8. The predicted molar refractivity (Wildman–Crippen MR) is 443 cm³/mol. The lowest BCUT2D eigenvalue weighted by Crippen LogP contribution is -2.35. The largest absolute Gasteiger partial charge is 0.493 e. The standard InChI is InChI=1S/C43H47N5O7S2.C42H45N5O7S/c1-25-10-30-19-44-34-17-38(36(52-5)15-32(34)41(50)47(30)21-25)54-23-27-12-28(14-29(13-27)46-40(49)8-9-43(3,4)57(7)56)24-55-39-18-35-33(16-37(39)53-6)42(51)48-22-26(2)11-31(48)20-45-35;1-24-9-29-18-43-33-16-37(35(51-5)14-31(33)40(49)46(29)20-24)53-22-26-11-27(13-28(12-26)45-39(48)7-8-42(3,4)55)23-54-38-17-34-32(15-36(38)52-6)41(50)47-21-25(2)10-30(47)19-44-34/h12-20,30-31H,1-2,8-11,21-24H2,3-7H3,(H,46,49);11-19,29-30,55H,1-2,7-10,20-23H2,3-6H3,(H,45,48)/t30-,31-,57?;29-,30-/m00/s1. The van der Waals surface area contributed by atoms with Gasteiger partial charge in [-0.3, -0.25) is 48.7 Å². The van der Waals surface area contributed by atoms with Crippen LogP contribution in [0.3, 0.4) is 0 Å². The number of nitrogens with zero attached hydrogens (tertiary/aromatic N) is 8. The molecule has 112 heavy (non-hydrogen) atoms. The molecule has 0 spiro atoms. The molecule has 2 N–H and O–H groups in total. The number of carbonyl (C=O) groups excluding carboxylic acids is 6. The number of ether oxygens (including phenoxy) is 8. The van der Waals surface area contributed by atoms with Crippen molar-refractivity contribution in [1.29, 1.82) is 0 Å². The predicted octanol–water partition coefficient (Wildman–Crippen LogP) is 14.3. The number of hydrogen-bond donors (Lipinski definition) is 3. The van der Waals surface area contributed by atoms with E-state index in [4.69, 9.17) is 49.1 Å². The second-order valence-corrected chi connectivity index (χ2v) is 35.1. The van der Waals surface area contributed by atoms with Crippen LogP contribution in [0.4, 0.5) is 34.1 Å². The summed E-state index contributed by atoms with van der Waals surface area (Å²) in [6, 6.07) is 24.2. The van der Waals surface area contributed by atoms with Gasteiger partial charge in [-0.1, -0.05) is 87.5 Å². The first-order valence-electron chi connectivity index (χ1n) is 36.9. The summed E-state index contributed by atoms with van der Waals surface area (Å²) in [6.45, 7) is 26.7. The van der Waals surface area contributed by atoms with Crippen LogP contribution in [0.15, 0.2) is 154 Å². The molecule has 4 fully saturated rings. The van der Waals surface area contributed by atoms with E-state index in [9.17, 15) is 28.8 Å². The van der Waals surface area contributed by atoms with Gasteiger partial charge in [0, 0.05) is 109 Å². The van der Waals surface area contributed by atoms with Crippen LogP contribution in [0.2, 0.25) is 0 Å². The molecule has 0 bridgehead atoms. The lowest BCUT2D eigenvalue weighted by Gasteiger charge is -2.24. The minimum atomic E-state index is -0.301. The van der Waals surface area contributed by atoms with Gasteiger partial charge in [0.25, 0.3) is 23.6 Å². The third-order valence-corrected chi connectivity index (χ3v) is 24.1. The summed E-state index contributed by atoms with van der Waals surface area (Å²) < 4.78 is 47.6. The van der Waals surface area contributed by atoms with Gasteiger partial charge in [0.05, 0.1) is 97.6 Å². The van der Waals surface area contributed by atoms with Crippen molar-refractivity contribution >= 4 is 128 Å². The highest BCUT2D eigenvalue weighted by atomic mass is 32.8. The third-order valence-electron chi connectivity index (χ3n) is 20.8. The van der Waals surface area contributed by atoms with Crippen LogP contribution in [0.1, 0.15) is 143 Å². The van der Waals surface area contributed by atoms with Crippen LogP contribution in [0.25, 0.3) is 0 Å². The van der Waals surface area contributed by atoms with Gasteiger partial charge in [-0.25, -0.2) is 0 Å². The molecule has 27 heteroatoms. The van der Waals surface area contributed by atoms with E-state index in [0.717, 1.165) is 44.5 Å². The molecule has 0 aliphatic carbocycles. The topological polar surface area (TPSA) is 263 Å². The first kappa shape index (κ1) is 79.2. The zero-order valence-corrected chi connectivity index (χ0v) is 66.9. The molecule has 0 saturated carbocycles. The quantitative estimate of drug-likeness (QED) is 0.0355. The van der Waals surface area contributed by atoms with E-state index < -0.39 is 0 Å². The van der Waals surface area contributed by atoms with Crippen LogP contribution in [0, 0.1) is 0 Å². The first-order chi connectivity index (χ1) is 53.5. The van der Waals surface area contributed by atoms with Gasteiger partial charge in [0.2, 0.25) is 11.8 Å². The Kier molecular flexibility index (Phi) is 23.5. The monoisotopic (exact) mass is 1570 g/mol. The molecular formula is C85H92N10O14S3. The molecule has 6 aromatic carbocycles. The van der Waals surface area contributed by atoms with E-state index in [1.165, 1.54) is 28.4 Å².